The summed E-state index contributed by atoms with van der Waals surface area (Å²) in [6, 6.07) is 10.3. The van der Waals surface area contributed by atoms with Gasteiger partial charge in [0.1, 0.15) is 0 Å². The predicted octanol–water partition coefficient (Wildman–Crippen LogP) is 3.09. The molecule has 1 aromatic heterocycles. The van der Waals surface area contributed by atoms with Crippen molar-refractivity contribution in [3.05, 3.63) is 62.5 Å². The number of carboxylic acid groups (broad SMARTS) is 1. The molecule has 2 aromatic carbocycles. The van der Waals surface area contributed by atoms with E-state index >= 15 is 0 Å². The number of aromatic amines is 1. The van der Waals surface area contributed by atoms with Gasteiger partial charge in [-0.2, -0.15) is 0 Å². The van der Waals surface area contributed by atoms with Crippen molar-refractivity contribution in [2.45, 2.75) is 6.92 Å². The summed E-state index contributed by atoms with van der Waals surface area (Å²) in [7, 11) is 0. The monoisotopic (exact) mass is 346 g/mol. The lowest BCUT2D eigenvalue weighted by Gasteiger charge is -2.06. The van der Waals surface area contributed by atoms with E-state index in [0.29, 0.717) is 16.7 Å². The summed E-state index contributed by atoms with van der Waals surface area (Å²) >= 11 is 3.42. The van der Waals surface area contributed by atoms with Crippen molar-refractivity contribution in [1.29, 1.82) is 0 Å². The minimum atomic E-state index is -1.07. The number of hydrogen-bond acceptors (Lipinski definition) is 2. The third-order valence-corrected chi connectivity index (χ3v) is 4.24. The Bertz CT molecular complexity index is 924. The molecule has 0 aliphatic heterocycles. The first-order valence-electron chi connectivity index (χ1n) is 6.22. The van der Waals surface area contributed by atoms with Gasteiger partial charge in [-0.15, -0.1) is 0 Å². The molecule has 106 valence electrons. The zero-order valence-corrected chi connectivity index (χ0v) is 12.6. The Hall–Kier alpha value is -2.34. The number of H-pyrrole nitrogens is 1. The van der Waals surface area contributed by atoms with Gasteiger partial charge in [-0.05, 0) is 42.8 Å². The quantitative estimate of drug-likeness (QED) is 0.748. The lowest BCUT2D eigenvalue weighted by atomic mass is 10.1. The number of aryl methyl sites for hydroxylation is 1. The van der Waals surface area contributed by atoms with Crippen molar-refractivity contribution in [1.82, 2.24) is 9.55 Å². The average Bonchev–Trinajstić information content (AvgIpc) is 2.77. The second-order valence-electron chi connectivity index (χ2n) is 4.70. The number of para-hydroxylation sites is 1. The number of hydrogen-bond donors (Lipinski definition) is 2. The Morgan fingerprint density at radius 1 is 1.29 bits per heavy atom. The van der Waals surface area contributed by atoms with E-state index in [1.165, 1.54) is 10.6 Å². The van der Waals surface area contributed by atoms with Gasteiger partial charge in [-0.3, -0.25) is 4.57 Å². The molecule has 3 rings (SSSR count). The number of rotatable bonds is 2. The molecular weight excluding hydrogens is 336 g/mol. The highest BCUT2D eigenvalue weighted by atomic mass is 79.9. The van der Waals surface area contributed by atoms with Crippen LogP contribution in [0, 0.1) is 6.92 Å². The fourth-order valence-corrected chi connectivity index (χ4v) is 2.58. The number of carbonyl (C=O) groups is 1. The van der Waals surface area contributed by atoms with Crippen LogP contribution in [0.5, 0.6) is 0 Å². The van der Waals surface area contributed by atoms with Gasteiger partial charge in [0.25, 0.3) is 0 Å². The van der Waals surface area contributed by atoms with Crippen molar-refractivity contribution in [2.24, 2.45) is 0 Å². The second kappa shape index (κ2) is 4.89. The number of nitrogens with one attached hydrogen (secondary N) is 1. The predicted molar refractivity (Wildman–Crippen MR) is 83.3 cm³/mol. The molecule has 1 heterocycles. The molecule has 0 aliphatic carbocycles. The number of nitrogens with zero attached hydrogens (tertiary/aromatic N) is 1. The van der Waals surface area contributed by atoms with E-state index in [1.54, 1.807) is 18.2 Å². The molecule has 0 saturated heterocycles. The molecule has 0 radical (unpaired) electrons. The van der Waals surface area contributed by atoms with Crippen molar-refractivity contribution in [2.75, 3.05) is 0 Å². The van der Waals surface area contributed by atoms with Gasteiger partial charge in [0, 0.05) is 4.47 Å². The summed E-state index contributed by atoms with van der Waals surface area (Å²) < 4.78 is 2.42. The number of fused-ring (bicyclic) bond motifs is 1. The van der Waals surface area contributed by atoms with Gasteiger partial charge >= 0.3 is 11.7 Å². The SMILES string of the molecule is Cc1cc(-n2c(=O)[nH]c3c(C(=O)O)cccc32)ccc1Br. The normalized spacial score (nSPS) is 11.0. The topological polar surface area (TPSA) is 75.1 Å². The summed E-state index contributed by atoms with van der Waals surface area (Å²) in [6.07, 6.45) is 0. The smallest absolute Gasteiger partial charge is 0.337 e. The highest BCUT2D eigenvalue weighted by Gasteiger charge is 2.15. The van der Waals surface area contributed by atoms with Gasteiger partial charge in [-0.25, -0.2) is 9.59 Å². The lowest BCUT2D eigenvalue weighted by Crippen LogP contribution is -2.14. The Morgan fingerprint density at radius 2 is 2.05 bits per heavy atom. The third kappa shape index (κ3) is 2.17. The highest BCUT2D eigenvalue weighted by molar-refractivity contribution is 9.10. The molecule has 0 unspecified atom stereocenters. The van der Waals surface area contributed by atoms with Crippen LogP contribution in [0.2, 0.25) is 0 Å². The van der Waals surface area contributed by atoms with E-state index in [0.717, 1.165) is 10.0 Å². The number of imidazole rings is 1. The summed E-state index contributed by atoms with van der Waals surface area (Å²) in [5, 5.41) is 9.20. The summed E-state index contributed by atoms with van der Waals surface area (Å²) in [5.74, 6) is -1.07. The van der Waals surface area contributed by atoms with Crippen LogP contribution < -0.4 is 5.69 Å². The number of carboxylic acids is 1. The van der Waals surface area contributed by atoms with E-state index in [4.69, 9.17) is 0 Å². The maximum absolute atomic E-state index is 12.2. The Balaban J connectivity index is 2.35. The fraction of sp³-hybridized carbons (Fsp3) is 0.0667. The van der Waals surface area contributed by atoms with E-state index in [9.17, 15) is 14.7 Å². The largest absolute Gasteiger partial charge is 0.478 e. The molecule has 2 N–H and O–H groups in total. The molecule has 6 heteroatoms. The first kappa shape index (κ1) is 13.6. The molecule has 0 fully saturated rings. The molecule has 21 heavy (non-hydrogen) atoms. The number of benzene rings is 2. The Labute approximate surface area is 128 Å². The Kier molecular flexibility index (Phi) is 3.17. The first-order valence-corrected chi connectivity index (χ1v) is 7.02. The maximum atomic E-state index is 12.2. The average molecular weight is 347 g/mol. The minimum absolute atomic E-state index is 0.0807. The van der Waals surface area contributed by atoms with E-state index in [2.05, 4.69) is 20.9 Å². The molecule has 0 spiro atoms. The van der Waals surface area contributed by atoms with Gasteiger partial charge in [-0.1, -0.05) is 22.0 Å². The summed E-state index contributed by atoms with van der Waals surface area (Å²) in [6.45, 7) is 1.93. The lowest BCUT2D eigenvalue weighted by molar-refractivity contribution is 0.0699. The summed E-state index contributed by atoms with van der Waals surface area (Å²) in [4.78, 5) is 26.1. The molecule has 0 saturated carbocycles. The highest BCUT2D eigenvalue weighted by Crippen LogP contribution is 2.22. The molecule has 0 atom stereocenters. The minimum Gasteiger partial charge on any atom is -0.478 e. The van der Waals surface area contributed by atoms with Crippen LogP contribution in [0.3, 0.4) is 0 Å². The molecule has 0 amide bonds. The number of aromatic nitrogens is 2. The zero-order chi connectivity index (χ0) is 15.1. The van der Waals surface area contributed by atoms with Gasteiger partial charge in [0.05, 0.1) is 22.3 Å². The van der Waals surface area contributed by atoms with E-state index in [1.807, 2.05) is 19.1 Å². The molecule has 3 aromatic rings. The zero-order valence-electron chi connectivity index (χ0n) is 11.1. The van der Waals surface area contributed by atoms with E-state index in [-0.39, 0.29) is 11.3 Å². The van der Waals surface area contributed by atoms with Gasteiger partial charge in [0.15, 0.2) is 0 Å². The van der Waals surface area contributed by atoms with Crippen LogP contribution in [-0.2, 0) is 0 Å². The molecule has 5 nitrogen and oxygen atoms in total. The first-order chi connectivity index (χ1) is 9.99. The third-order valence-electron chi connectivity index (χ3n) is 3.35. The number of halogens is 1. The van der Waals surface area contributed by atoms with Crippen molar-refractivity contribution in [3.8, 4) is 5.69 Å². The van der Waals surface area contributed by atoms with Crippen LogP contribution in [0.15, 0.2) is 45.7 Å². The van der Waals surface area contributed by atoms with Crippen molar-refractivity contribution < 1.29 is 9.90 Å². The molecule has 0 bridgehead atoms. The van der Waals surface area contributed by atoms with E-state index < -0.39 is 5.97 Å². The molecular formula is C15H11BrN2O3. The fourth-order valence-electron chi connectivity index (χ4n) is 2.33. The van der Waals surface area contributed by atoms with Crippen LogP contribution in [0.4, 0.5) is 0 Å². The standard InChI is InChI=1S/C15H11BrN2O3/c1-8-7-9(5-6-11(8)16)18-12-4-2-3-10(14(19)20)13(12)17-15(18)21/h2-7H,1H3,(H,17,21)(H,19,20). The van der Waals surface area contributed by atoms with Crippen LogP contribution in [-0.4, -0.2) is 20.6 Å². The Morgan fingerprint density at radius 3 is 2.71 bits per heavy atom. The second-order valence-corrected chi connectivity index (χ2v) is 5.56. The van der Waals surface area contributed by atoms with Gasteiger partial charge < -0.3 is 10.1 Å². The van der Waals surface area contributed by atoms with Crippen LogP contribution in [0.25, 0.3) is 16.7 Å². The number of aromatic carboxylic acids is 1. The maximum Gasteiger partial charge on any atom is 0.337 e. The summed E-state index contributed by atoms with van der Waals surface area (Å²) in [5.41, 5.74) is 2.27. The van der Waals surface area contributed by atoms with Crippen molar-refractivity contribution in [3.63, 3.8) is 0 Å². The van der Waals surface area contributed by atoms with Crippen molar-refractivity contribution >= 4 is 32.9 Å². The van der Waals surface area contributed by atoms with Gasteiger partial charge in [0.2, 0.25) is 0 Å². The van der Waals surface area contributed by atoms with Crippen LogP contribution >= 0.6 is 15.9 Å². The van der Waals surface area contributed by atoms with Crippen LogP contribution in [0.1, 0.15) is 15.9 Å². The molecule has 0 aliphatic rings.